The molecule has 0 aromatic heterocycles. The summed E-state index contributed by atoms with van der Waals surface area (Å²) < 4.78 is 0. The number of carbonyl (C=O) groups excluding carboxylic acids is 2. The molecule has 2 atom stereocenters. The van der Waals surface area contributed by atoms with Gasteiger partial charge in [0.25, 0.3) is 0 Å². The van der Waals surface area contributed by atoms with Crippen LogP contribution in [0.15, 0.2) is 11.6 Å². The van der Waals surface area contributed by atoms with Crippen molar-refractivity contribution in [3.05, 3.63) is 11.6 Å². The van der Waals surface area contributed by atoms with E-state index in [0.29, 0.717) is 12.8 Å². The molecule has 17 heavy (non-hydrogen) atoms. The second-order valence-corrected chi connectivity index (χ2v) is 4.68. The fourth-order valence-electron chi connectivity index (χ4n) is 2.53. The minimum atomic E-state index is -0.991. The minimum Gasteiger partial charge on any atom is -0.481 e. The summed E-state index contributed by atoms with van der Waals surface area (Å²) in [5.41, 5.74) is 1.13. The zero-order valence-electron chi connectivity index (χ0n) is 9.68. The van der Waals surface area contributed by atoms with Crippen molar-refractivity contribution in [2.75, 3.05) is 6.54 Å². The quantitative estimate of drug-likeness (QED) is 0.582. The molecule has 2 rings (SSSR count). The fourth-order valence-corrected chi connectivity index (χ4v) is 2.53. The highest BCUT2D eigenvalue weighted by Crippen LogP contribution is 2.37. The van der Waals surface area contributed by atoms with Crippen LogP contribution in [0.3, 0.4) is 0 Å². The molecule has 5 nitrogen and oxygen atoms in total. The molecular formula is C12H15NO4. The van der Waals surface area contributed by atoms with Gasteiger partial charge >= 0.3 is 5.97 Å². The number of carboxylic acids is 1. The molecule has 0 aromatic rings. The molecule has 0 unspecified atom stereocenters. The number of nitrogens with zero attached hydrogens (tertiary/aromatic N) is 1. The second-order valence-electron chi connectivity index (χ2n) is 4.68. The number of amides is 2. The Morgan fingerprint density at radius 2 is 2.06 bits per heavy atom. The summed E-state index contributed by atoms with van der Waals surface area (Å²) in [5.74, 6) is -1.92. The van der Waals surface area contributed by atoms with Crippen LogP contribution in [-0.4, -0.2) is 34.3 Å². The number of carbonyl (C=O) groups is 3. The highest BCUT2D eigenvalue weighted by molar-refractivity contribution is 6.05. The first-order chi connectivity index (χ1) is 8.00. The molecule has 1 fully saturated rings. The predicted molar refractivity (Wildman–Crippen MR) is 58.9 cm³/mol. The third kappa shape index (κ3) is 2.09. The number of allylic oxidation sites excluding steroid dienone is 2. The van der Waals surface area contributed by atoms with Gasteiger partial charge in [0.1, 0.15) is 0 Å². The van der Waals surface area contributed by atoms with Crippen LogP contribution in [-0.2, 0) is 14.4 Å². The zero-order valence-corrected chi connectivity index (χ0v) is 9.68. The standard InChI is InChI=1S/C12H15NO4/c1-7-2-3-8-9(6-7)12(17)13(11(8)16)5-4-10(14)15/h2,8-9H,3-6H2,1H3,(H,14,15)/t8-,9+/m1/s1. The number of carboxylic acid groups (broad SMARTS) is 1. The van der Waals surface area contributed by atoms with Gasteiger partial charge in [0, 0.05) is 6.54 Å². The van der Waals surface area contributed by atoms with Gasteiger partial charge in [0.15, 0.2) is 0 Å². The summed E-state index contributed by atoms with van der Waals surface area (Å²) in [4.78, 5) is 35.5. The Morgan fingerprint density at radius 1 is 1.41 bits per heavy atom. The van der Waals surface area contributed by atoms with Crippen molar-refractivity contribution in [1.82, 2.24) is 4.90 Å². The summed E-state index contributed by atoms with van der Waals surface area (Å²) in [6.45, 7) is 1.95. The molecule has 92 valence electrons. The first-order valence-corrected chi connectivity index (χ1v) is 5.73. The summed E-state index contributed by atoms with van der Waals surface area (Å²) >= 11 is 0. The Labute approximate surface area is 99.1 Å². The number of hydrogen-bond acceptors (Lipinski definition) is 3. The van der Waals surface area contributed by atoms with Gasteiger partial charge in [-0.15, -0.1) is 0 Å². The lowest BCUT2D eigenvalue weighted by molar-refractivity contribution is -0.142. The molecule has 1 saturated heterocycles. The lowest BCUT2D eigenvalue weighted by atomic mass is 9.82. The summed E-state index contributed by atoms with van der Waals surface area (Å²) in [6.07, 6.45) is 3.04. The largest absolute Gasteiger partial charge is 0.481 e. The van der Waals surface area contributed by atoms with E-state index in [1.165, 1.54) is 0 Å². The number of hydrogen-bond donors (Lipinski definition) is 1. The maximum absolute atomic E-state index is 12.0. The number of aliphatic carboxylic acids is 1. The van der Waals surface area contributed by atoms with Gasteiger partial charge in [0.05, 0.1) is 18.3 Å². The van der Waals surface area contributed by atoms with E-state index >= 15 is 0 Å². The molecule has 1 aliphatic carbocycles. The SMILES string of the molecule is CC1=CC[C@H]2C(=O)N(CCC(=O)O)C(=O)[C@H]2C1. The van der Waals surface area contributed by atoms with E-state index in [4.69, 9.17) is 5.11 Å². The van der Waals surface area contributed by atoms with Crippen molar-refractivity contribution >= 4 is 17.8 Å². The smallest absolute Gasteiger partial charge is 0.305 e. The van der Waals surface area contributed by atoms with E-state index in [1.807, 2.05) is 13.0 Å². The molecule has 2 aliphatic rings. The predicted octanol–water partition coefficient (Wildman–Crippen LogP) is 0.802. The Morgan fingerprint density at radius 3 is 2.71 bits per heavy atom. The van der Waals surface area contributed by atoms with Gasteiger partial charge < -0.3 is 5.11 Å². The van der Waals surface area contributed by atoms with E-state index in [1.54, 1.807) is 0 Å². The Hall–Kier alpha value is -1.65. The van der Waals surface area contributed by atoms with Crippen molar-refractivity contribution in [3.8, 4) is 0 Å². The van der Waals surface area contributed by atoms with Crippen LogP contribution in [0.5, 0.6) is 0 Å². The zero-order chi connectivity index (χ0) is 12.6. The van der Waals surface area contributed by atoms with E-state index < -0.39 is 5.97 Å². The van der Waals surface area contributed by atoms with Crippen molar-refractivity contribution in [2.45, 2.75) is 26.2 Å². The van der Waals surface area contributed by atoms with Crippen LogP contribution < -0.4 is 0 Å². The van der Waals surface area contributed by atoms with Gasteiger partial charge in [-0.2, -0.15) is 0 Å². The maximum Gasteiger partial charge on any atom is 0.305 e. The molecule has 5 heteroatoms. The second kappa shape index (κ2) is 4.31. The van der Waals surface area contributed by atoms with Gasteiger partial charge in [-0.3, -0.25) is 19.3 Å². The summed E-state index contributed by atoms with van der Waals surface area (Å²) in [7, 11) is 0. The number of rotatable bonds is 3. The Kier molecular flexibility index (Phi) is 3.00. The van der Waals surface area contributed by atoms with Gasteiger partial charge in [-0.05, 0) is 19.8 Å². The molecule has 0 radical (unpaired) electrons. The number of likely N-dealkylation sites (tertiary alicyclic amines) is 1. The lowest BCUT2D eigenvalue weighted by Crippen LogP contribution is -2.33. The van der Waals surface area contributed by atoms with Crippen LogP contribution in [0.2, 0.25) is 0 Å². The lowest BCUT2D eigenvalue weighted by Gasteiger charge is -2.19. The molecule has 2 amide bonds. The average Bonchev–Trinajstić information content (AvgIpc) is 2.49. The van der Waals surface area contributed by atoms with Crippen LogP contribution in [0, 0.1) is 11.8 Å². The minimum absolute atomic E-state index is 0.000945. The first kappa shape index (κ1) is 11.8. The third-order valence-electron chi connectivity index (χ3n) is 3.46. The van der Waals surface area contributed by atoms with Crippen molar-refractivity contribution in [2.24, 2.45) is 11.8 Å². The third-order valence-corrected chi connectivity index (χ3v) is 3.46. The topological polar surface area (TPSA) is 74.7 Å². The van der Waals surface area contributed by atoms with Gasteiger partial charge in [0.2, 0.25) is 11.8 Å². The van der Waals surface area contributed by atoms with E-state index in [9.17, 15) is 14.4 Å². The first-order valence-electron chi connectivity index (χ1n) is 5.73. The molecule has 1 N–H and O–H groups in total. The Bertz CT molecular complexity index is 413. The average molecular weight is 237 g/mol. The fraction of sp³-hybridized carbons (Fsp3) is 0.583. The highest BCUT2D eigenvalue weighted by Gasteiger charge is 2.47. The summed E-state index contributed by atoms with van der Waals surface area (Å²) in [6, 6.07) is 0. The molecular weight excluding hydrogens is 222 g/mol. The molecule has 0 saturated carbocycles. The van der Waals surface area contributed by atoms with Crippen molar-refractivity contribution in [3.63, 3.8) is 0 Å². The van der Waals surface area contributed by atoms with Crippen LogP contribution in [0.1, 0.15) is 26.2 Å². The number of fused-ring (bicyclic) bond motifs is 1. The number of imide groups is 1. The monoisotopic (exact) mass is 237 g/mol. The molecule has 1 aliphatic heterocycles. The molecule has 0 aromatic carbocycles. The van der Waals surface area contributed by atoms with Crippen LogP contribution in [0.25, 0.3) is 0 Å². The molecule has 0 spiro atoms. The van der Waals surface area contributed by atoms with Crippen LogP contribution >= 0.6 is 0 Å². The van der Waals surface area contributed by atoms with Gasteiger partial charge in [-0.25, -0.2) is 0 Å². The molecule has 1 heterocycles. The van der Waals surface area contributed by atoms with Gasteiger partial charge in [-0.1, -0.05) is 11.6 Å². The normalized spacial score (nSPS) is 28.1. The van der Waals surface area contributed by atoms with E-state index in [0.717, 1.165) is 10.5 Å². The van der Waals surface area contributed by atoms with Crippen molar-refractivity contribution < 1.29 is 19.5 Å². The highest BCUT2D eigenvalue weighted by atomic mass is 16.4. The Balaban J connectivity index is 2.11. The van der Waals surface area contributed by atoms with Crippen molar-refractivity contribution in [1.29, 1.82) is 0 Å². The molecule has 0 bridgehead atoms. The van der Waals surface area contributed by atoms with E-state index in [-0.39, 0.29) is 36.6 Å². The van der Waals surface area contributed by atoms with Crippen LogP contribution in [0.4, 0.5) is 0 Å². The summed E-state index contributed by atoms with van der Waals surface area (Å²) in [5, 5.41) is 8.59. The van der Waals surface area contributed by atoms with E-state index in [2.05, 4.69) is 0 Å². The maximum atomic E-state index is 12.0.